The molecule has 0 N–H and O–H groups in total. The van der Waals surface area contributed by atoms with Gasteiger partial charge in [0, 0.05) is 30.2 Å². The highest BCUT2D eigenvalue weighted by Crippen LogP contribution is 2.32. The molecule has 1 aliphatic rings. The van der Waals surface area contributed by atoms with Gasteiger partial charge in [-0.05, 0) is 51.0 Å². The average molecular weight is 439 g/mol. The maximum Gasteiger partial charge on any atom is 0.273 e. The van der Waals surface area contributed by atoms with E-state index in [1.165, 1.54) is 17.0 Å². The first kappa shape index (κ1) is 21.7. The van der Waals surface area contributed by atoms with E-state index in [9.17, 15) is 9.18 Å². The molecule has 0 bridgehead atoms. The van der Waals surface area contributed by atoms with Crippen molar-refractivity contribution in [3.63, 3.8) is 0 Å². The van der Waals surface area contributed by atoms with Crippen molar-refractivity contribution in [2.24, 2.45) is 0 Å². The number of likely N-dealkylation sites (tertiary alicyclic amines) is 1. The highest BCUT2D eigenvalue weighted by atomic mass is 19.1. The number of carbonyl (C=O) groups is 1. The molecular weight excluding hydrogens is 416 g/mol. The van der Waals surface area contributed by atoms with Crippen molar-refractivity contribution in [2.75, 3.05) is 13.2 Å². The lowest BCUT2D eigenvalue weighted by atomic mass is 9.90. The van der Waals surface area contributed by atoms with Gasteiger partial charge in [0.15, 0.2) is 11.5 Å². The number of amides is 1. The zero-order valence-electron chi connectivity index (χ0n) is 17.8. The Kier molecular flexibility index (Phi) is 6.07. The van der Waals surface area contributed by atoms with E-state index < -0.39 is 11.5 Å². The first-order valence-corrected chi connectivity index (χ1v) is 10.3. The summed E-state index contributed by atoms with van der Waals surface area (Å²) >= 11 is 0. The summed E-state index contributed by atoms with van der Waals surface area (Å²) in [5.74, 6) is -0.376. The maximum atomic E-state index is 15.7. The molecule has 3 aromatic heterocycles. The quantitative estimate of drug-likeness (QED) is 0.602. The highest BCUT2D eigenvalue weighted by molar-refractivity contribution is 5.98. The SMILES string of the molecule is Cc1ccc(-c2ncccn2)c(C(=O)N2C[C@](F)(COc3ccc(F)cn3)CC[C@H]2C)n1. The van der Waals surface area contributed by atoms with E-state index in [-0.39, 0.29) is 43.1 Å². The molecule has 4 rings (SSSR count). The van der Waals surface area contributed by atoms with Crippen LogP contribution in [0.3, 0.4) is 0 Å². The molecule has 9 heteroatoms. The number of halogens is 2. The molecule has 1 aliphatic heterocycles. The van der Waals surface area contributed by atoms with Crippen LogP contribution in [0.2, 0.25) is 0 Å². The van der Waals surface area contributed by atoms with Crippen LogP contribution in [0.1, 0.15) is 35.9 Å². The molecule has 0 spiro atoms. The molecule has 7 nitrogen and oxygen atoms in total. The monoisotopic (exact) mass is 439 g/mol. The fourth-order valence-electron chi connectivity index (χ4n) is 3.68. The van der Waals surface area contributed by atoms with E-state index in [2.05, 4.69) is 19.9 Å². The summed E-state index contributed by atoms with van der Waals surface area (Å²) in [5.41, 5.74) is -0.426. The molecule has 2 atom stereocenters. The first-order chi connectivity index (χ1) is 15.3. The molecular formula is C23H23F2N5O2. The predicted molar refractivity (Wildman–Crippen MR) is 113 cm³/mol. The third-order valence-corrected chi connectivity index (χ3v) is 5.48. The Morgan fingerprint density at radius 2 is 2.00 bits per heavy atom. The Morgan fingerprint density at radius 3 is 2.72 bits per heavy atom. The van der Waals surface area contributed by atoms with Gasteiger partial charge in [0.2, 0.25) is 5.88 Å². The lowest BCUT2D eigenvalue weighted by Crippen LogP contribution is -2.54. The smallest absolute Gasteiger partial charge is 0.273 e. The van der Waals surface area contributed by atoms with Crippen LogP contribution in [0.4, 0.5) is 8.78 Å². The van der Waals surface area contributed by atoms with Gasteiger partial charge in [-0.15, -0.1) is 0 Å². The number of carbonyl (C=O) groups excluding carboxylic acids is 1. The number of aryl methyl sites for hydroxylation is 1. The average Bonchev–Trinajstić information content (AvgIpc) is 2.81. The van der Waals surface area contributed by atoms with Gasteiger partial charge in [0.1, 0.15) is 18.1 Å². The van der Waals surface area contributed by atoms with E-state index in [0.717, 1.165) is 6.20 Å². The Bertz CT molecular complexity index is 1100. The number of aromatic nitrogens is 4. The minimum absolute atomic E-state index is 0.129. The normalized spacial score (nSPS) is 20.8. The fraction of sp³-hybridized carbons (Fsp3) is 0.348. The summed E-state index contributed by atoms with van der Waals surface area (Å²) in [6.45, 7) is 3.22. The van der Waals surface area contributed by atoms with Crippen LogP contribution in [0, 0.1) is 12.7 Å². The number of hydrogen-bond acceptors (Lipinski definition) is 6. The Morgan fingerprint density at radius 1 is 1.22 bits per heavy atom. The molecule has 1 fully saturated rings. The van der Waals surface area contributed by atoms with Crippen LogP contribution >= 0.6 is 0 Å². The van der Waals surface area contributed by atoms with Crippen LogP contribution < -0.4 is 4.74 Å². The van der Waals surface area contributed by atoms with Crippen LogP contribution in [-0.4, -0.2) is 55.6 Å². The number of pyridine rings is 2. The van der Waals surface area contributed by atoms with Crippen molar-refractivity contribution in [3.05, 3.63) is 66.1 Å². The van der Waals surface area contributed by atoms with E-state index in [0.29, 0.717) is 23.5 Å². The van der Waals surface area contributed by atoms with Crippen LogP contribution in [0.15, 0.2) is 48.9 Å². The van der Waals surface area contributed by atoms with Crippen LogP contribution in [0.25, 0.3) is 11.4 Å². The molecule has 0 aromatic carbocycles. The minimum Gasteiger partial charge on any atom is -0.474 e. The van der Waals surface area contributed by atoms with Gasteiger partial charge >= 0.3 is 0 Å². The summed E-state index contributed by atoms with van der Waals surface area (Å²) < 4.78 is 34.2. The van der Waals surface area contributed by atoms with Crippen molar-refractivity contribution < 1.29 is 18.3 Å². The number of alkyl halides is 1. The molecule has 4 heterocycles. The molecule has 0 saturated carbocycles. The maximum absolute atomic E-state index is 15.7. The lowest BCUT2D eigenvalue weighted by Gasteiger charge is -2.41. The highest BCUT2D eigenvalue weighted by Gasteiger charge is 2.42. The Hall–Kier alpha value is -3.49. The van der Waals surface area contributed by atoms with Gasteiger partial charge in [-0.1, -0.05) is 0 Å². The molecule has 3 aromatic rings. The summed E-state index contributed by atoms with van der Waals surface area (Å²) in [7, 11) is 0. The fourth-order valence-corrected chi connectivity index (χ4v) is 3.68. The molecule has 32 heavy (non-hydrogen) atoms. The van der Waals surface area contributed by atoms with Gasteiger partial charge in [-0.2, -0.15) is 0 Å². The van der Waals surface area contributed by atoms with Crippen LogP contribution in [0.5, 0.6) is 5.88 Å². The number of hydrogen-bond donors (Lipinski definition) is 0. The number of nitrogens with zero attached hydrogens (tertiary/aromatic N) is 5. The molecule has 0 radical (unpaired) electrons. The lowest BCUT2D eigenvalue weighted by molar-refractivity contribution is -0.00936. The number of ether oxygens (including phenoxy) is 1. The third-order valence-electron chi connectivity index (χ3n) is 5.48. The molecule has 1 saturated heterocycles. The Balaban J connectivity index is 1.56. The molecule has 0 aliphatic carbocycles. The summed E-state index contributed by atoms with van der Waals surface area (Å²) in [5, 5.41) is 0. The largest absolute Gasteiger partial charge is 0.474 e. The van der Waals surface area contributed by atoms with Crippen LogP contribution in [-0.2, 0) is 0 Å². The van der Waals surface area contributed by atoms with Crippen molar-refractivity contribution in [1.29, 1.82) is 0 Å². The minimum atomic E-state index is -1.77. The van der Waals surface area contributed by atoms with Gasteiger partial charge in [-0.25, -0.2) is 28.7 Å². The second-order valence-corrected chi connectivity index (χ2v) is 8.00. The molecule has 1 amide bonds. The third kappa shape index (κ3) is 4.71. The van der Waals surface area contributed by atoms with E-state index >= 15 is 4.39 Å². The predicted octanol–water partition coefficient (Wildman–Crippen LogP) is 3.79. The van der Waals surface area contributed by atoms with E-state index in [1.54, 1.807) is 37.5 Å². The van der Waals surface area contributed by atoms with Crippen molar-refractivity contribution >= 4 is 5.91 Å². The Labute approximate surface area is 184 Å². The second-order valence-electron chi connectivity index (χ2n) is 8.00. The van der Waals surface area contributed by atoms with E-state index in [1.807, 2.05) is 6.92 Å². The van der Waals surface area contributed by atoms with Crippen molar-refractivity contribution in [3.8, 4) is 17.3 Å². The van der Waals surface area contributed by atoms with Gasteiger partial charge in [0.25, 0.3) is 5.91 Å². The topological polar surface area (TPSA) is 81.1 Å². The zero-order valence-corrected chi connectivity index (χ0v) is 17.8. The standard InChI is InChI=1S/C23H23F2N5O2/c1-15-4-6-18(21-26-10-3-11-27-21)20(29-15)22(31)30-13-23(25,9-8-16(30)2)14-32-19-7-5-17(24)12-28-19/h3-7,10-12,16H,8-9,13-14H2,1-2H3/t16-,23+/m1/s1. The molecule has 166 valence electrons. The zero-order chi connectivity index (χ0) is 22.7. The number of rotatable bonds is 5. The molecule has 0 unspecified atom stereocenters. The van der Waals surface area contributed by atoms with Gasteiger partial charge in [-0.3, -0.25) is 4.79 Å². The van der Waals surface area contributed by atoms with Crippen molar-refractivity contribution in [1.82, 2.24) is 24.8 Å². The summed E-state index contributed by atoms with van der Waals surface area (Å²) in [6.07, 6.45) is 4.89. The summed E-state index contributed by atoms with van der Waals surface area (Å²) in [6, 6.07) is 7.59. The van der Waals surface area contributed by atoms with Crippen molar-refractivity contribution in [2.45, 2.75) is 38.4 Å². The van der Waals surface area contributed by atoms with E-state index in [4.69, 9.17) is 4.74 Å². The number of piperidine rings is 1. The van der Waals surface area contributed by atoms with Gasteiger partial charge < -0.3 is 9.64 Å². The summed E-state index contributed by atoms with van der Waals surface area (Å²) in [4.78, 5) is 31.7. The van der Waals surface area contributed by atoms with Gasteiger partial charge in [0.05, 0.1) is 18.3 Å². The first-order valence-electron chi connectivity index (χ1n) is 10.3. The second kappa shape index (κ2) is 8.94.